The van der Waals surface area contributed by atoms with E-state index in [0.29, 0.717) is 11.5 Å². The van der Waals surface area contributed by atoms with Crippen molar-refractivity contribution in [2.45, 2.75) is 32.2 Å². The minimum absolute atomic E-state index is 0.259. The summed E-state index contributed by atoms with van der Waals surface area (Å²) >= 11 is 0. The number of nitrogens with zero attached hydrogens (tertiary/aromatic N) is 1. The number of benzene rings is 1. The van der Waals surface area contributed by atoms with Gasteiger partial charge in [0.25, 0.3) is 5.91 Å². The van der Waals surface area contributed by atoms with Crippen molar-refractivity contribution in [2.75, 3.05) is 13.2 Å². The van der Waals surface area contributed by atoms with Gasteiger partial charge in [0.2, 0.25) is 0 Å². The van der Waals surface area contributed by atoms with Crippen molar-refractivity contribution in [3.63, 3.8) is 0 Å². The van der Waals surface area contributed by atoms with Gasteiger partial charge in [0.15, 0.2) is 0 Å². The average molecular weight is 343 g/mol. The predicted molar refractivity (Wildman–Crippen MR) is 96.5 cm³/mol. The Morgan fingerprint density at radius 2 is 1.88 bits per heavy atom. The molecule has 2 rings (SSSR count). The van der Waals surface area contributed by atoms with Crippen LogP contribution < -0.4 is 15.8 Å². The number of aromatic nitrogens is 1. The molecule has 4 N–H and O–H groups in total. The molecule has 0 aliphatic rings. The summed E-state index contributed by atoms with van der Waals surface area (Å²) in [6, 6.07) is 9.32. The summed E-state index contributed by atoms with van der Waals surface area (Å²) in [6.45, 7) is 2.03. The molecule has 0 radical (unpaired) electrons. The molecular formula is C19H25N3O3. The second-order valence-electron chi connectivity index (χ2n) is 5.80. The summed E-state index contributed by atoms with van der Waals surface area (Å²) in [4.78, 5) is 15.3. The minimum atomic E-state index is -0.567. The molecule has 1 aromatic heterocycles. The number of nitrogens with two attached hydrogens (primary N) is 1. The lowest BCUT2D eigenvalue weighted by atomic mass is 10.2. The molecule has 0 atom stereocenters. The van der Waals surface area contributed by atoms with Crippen LogP contribution in [0, 0.1) is 0 Å². The number of unbranched alkanes of at least 4 members (excludes halogenated alkanes) is 3. The third kappa shape index (κ3) is 6.52. The number of pyridine rings is 1. The quantitative estimate of drug-likeness (QED) is 0.545. The molecule has 0 bridgehead atoms. The molecule has 134 valence electrons. The molecule has 1 aromatic carbocycles. The number of carbonyl (C=O) groups excluding carboxylic acids is 1. The minimum Gasteiger partial charge on any atom is -0.456 e. The second-order valence-corrected chi connectivity index (χ2v) is 5.80. The summed E-state index contributed by atoms with van der Waals surface area (Å²) < 4.78 is 5.72. The van der Waals surface area contributed by atoms with Crippen LogP contribution in [0.25, 0.3) is 0 Å². The van der Waals surface area contributed by atoms with Crippen LogP contribution >= 0.6 is 0 Å². The highest BCUT2D eigenvalue weighted by molar-refractivity contribution is 5.95. The maximum Gasteiger partial charge on any atom is 0.254 e. The van der Waals surface area contributed by atoms with E-state index >= 15 is 0 Å². The number of aliphatic hydroxyl groups is 1. The van der Waals surface area contributed by atoms with Crippen molar-refractivity contribution in [2.24, 2.45) is 5.73 Å². The number of aliphatic hydroxyl groups excluding tert-OH is 1. The van der Waals surface area contributed by atoms with Gasteiger partial charge in [0.05, 0.1) is 0 Å². The maximum atomic E-state index is 11.4. The first-order valence-electron chi connectivity index (χ1n) is 8.53. The fourth-order valence-electron chi connectivity index (χ4n) is 2.41. The first kappa shape index (κ1) is 18.9. The highest BCUT2D eigenvalue weighted by atomic mass is 16.5. The van der Waals surface area contributed by atoms with Crippen molar-refractivity contribution >= 4 is 5.91 Å². The number of carbonyl (C=O) groups is 1. The molecule has 2 aromatic rings. The number of amides is 1. The van der Waals surface area contributed by atoms with Crippen molar-refractivity contribution in [3.05, 3.63) is 53.9 Å². The lowest BCUT2D eigenvalue weighted by molar-refractivity contribution is 0.0997. The van der Waals surface area contributed by atoms with Gasteiger partial charge >= 0.3 is 0 Å². The van der Waals surface area contributed by atoms with Crippen LogP contribution in [0.5, 0.6) is 11.5 Å². The molecule has 25 heavy (non-hydrogen) atoms. The molecule has 1 heterocycles. The van der Waals surface area contributed by atoms with Crippen molar-refractivity contribution in [3.8, 4) is 11.5 Å². The number of rotatable bonds is 11. The van der Waals surface area contributed by atoms with Crippen molar-refractivity contribution in [1.29, 1.82) is 0 Å². The fourth-order valence-corrected chi connectivity index (χ4v) is 2.41. The van der Waals surface area contributed by atoms with Gasteiger partial charge in [-0.1, -0.05) is 25.0 Å². The Morgan fingerprint density at radius 1 is 1.12 bits per heavy atom. The molecule has 0 aliphatic heterocycles. The smallest absolute Gasteiger partial charge is 0.254 e. The van der Waals surface area contributed by atoms with Crippen LogP contribution in [0.4, 0.5) is 0 Å². The van der Waals surface area contributed by atoms with Crippen molar-refractivity contribution < 1.29 is 14.6 Å². The Morgan fingerprint density at radius 3 is 2.60 bits per heavy atom. The van der Waals surface area contributed by atoms with Crippen LogP contribution in [-0.2, 0) is 6.54 Å². The van der Waals surface area contributed by atoms with E-state index in [9.17, 15) is 4.79 Å². The summed E-state index contributed by atoms with van der Waals surface area (Å²) in [6.07, 6.45) is 7.16. The van der Waals surface area contributed by atoms with E-state index in [1.807, 2.05) is 24.3 Å². The fraction of sp³-hybridized carbons (Fsp3) is 0.368. The summed E-state index contributed by atoms with van der Waals surface area (Å²) in [5, 5.41) is 12.1. The molecule has 0 fully saturated rings. The van der Waals surface area contributed by atoms with Gasteiger partial charge < -0.3 is 20.9 Å². The Hall–Kier alpha value is -2.44. The molecular weight excluding hydrogens is 318 g/mol. The SMILES string of the molecule is NC(=O)c1cnccc1Oc1ccc(CNCCCCCCO)cc1. The first-order valence-corrected chi connectivity index (χ1v) is 8.53. The van der Waals surface area contributed by atoms with Crippen molar-refractivity contribution in [1.82, 2.24) is 10.3 Å². The molecule has 6 heteroatoms. The van der Waals surface area contributed by atoms with Crippen LogP contribution in [0.3, 0.4) is 0 Å². The average Bonchev–Trinajstić information content (AvgIpc) is 2.62. The lowest BCUT2D eigenvalue weighted by Gasteiger charge is -2.10. The number of hydrogen-bond donors (Lipinski definition) is 3. The van der Waals surface area contributed by atoms with Gasteiger partial charge in [-0.3, -0.25) is 9.78 Å². The standard InChI is InChI=1S/C19H25N3O3/c20-19(24)17-14-22-11-9-18(17)25-16-7-5-15(6-8-16)13-21-10-3-1-2-4-12-23/h5-9,11,14,21,23H,1-4,10,12-13H2,(H2,20,24). The zero-order valence-electron chi connectivity index (χ0n) is 14.3. The van der Waals surface area contributed by atoms with E-state index in [0.717, 1.165) is 44.3 Å². The Labute approximate surface area is 148 Å². The molecule has 0 saturated heterocycles. The van der Waals surface area contributed by atoms with Gasteiger partial charge in [0.1, 0.15) is 17.1 Å². The molecule has 1 amide bonds. The topological polar surface area (TPSA) is 97.5 Å². The largest absolute Gasteiger partial charge is 0.456 e. The second kappa shape index (κ2) is 10.4. The molecule has 0 saturated carbocycles. The van der Waals surface area contributed by atoms with E-state index in [2.05, 4.69) is 10.3 Å². The van der Waals surface area contributed by atoms with E-state index in [1.54, 1.807) is 12.3 Å². The van der Waals surface area contributed by atoms with E-state index in [4.69, 9.17) is 15.6 Å². The zero-order chi connectivity index (χ0) is 17.9. The third-order valence-electron chi connectivity index (χ3n) is 3.79. The van der Waals surface area contributed by atoms with Gasteiger partial charge in [-0.25, -0.2) is 0 Å². The number of ether oxygens (including phenoxy) is 1. The van der Waals surface area contributed by atoms with E-state index in [1.165, 1.54) is 6.20 Å². The number of hydrogen-bond acceptors (Lipinski definition) is 5. The summed E-state index contributed by atoms with van der Waals surface area (Å²) in [5.41, 5.74) is 6.74. The molecule has 0 spiro atoms. The predicted octanol–water partition coefficient (Wildman–Crippen LogP) is 2.62. The monoisotopic (exact) mass is 343 g/mol. The number of nitrogens with one attached hydrogen (secondary N) is 1. The van der Waals surface area contributed by atoms with Gasteiger partial charge in [0, 0.05) is 25.5 Å². The zero-order valence-corrected chi connectivity index (χ0v) is 14.3. The molecule has 0 aliphatic carbocycles. The normalized spacial score (nSPS) is 10.6. The Kier molecular flexibility index (Phi) is 7.88. The van der Waals surface area contributed by atoms with Crippen LogP contribution in [0.15, 0.2) is 42.7 Å². The van der Waals surface area contributed by atoms with Gasteiger partial charge in [-0.15, -0.1) is 0 Å². The maximum absolute atomic E-state index is 11.4. The van der Waals surface area contributed by atoms with Gasteiger partial charge in [-0.2, -0.15) is 0 Å². The third-order valence-corrected chi connectivity index (χ3v) is 3.79. The first-order chi connectivity index (χ1) is 12.2. The van der Waals surface area contributed by atoms with Gasteiger partial charge in [-0.05, 0) is 43.1 Å². The highest BCUT2D eigenvalue weighted by Gasteiger charge is 2.09. The highest BCUT2D eigenvalue weighted by Crippen LogP contribution is 2.24. The lowest BCUT2D eigenvalue weighted by Crippen LogP contribution is -2.14. The van der Waals surface area contributed by atoms with Crippen LogP contribution in [0.2, 0.25) is 0 Å². The molecule has 0 unspecified atom stereocenters. The molecule has 6 nitrogen and oxygen atoms in total. The summed E-state index contributed by atoms with van der Waals surface area (Å²) in [7, 11) is 0. The Balaban J connectivity index is 1.79. The summed E-state index contributed by atoms with van der Waals surface area (Å²) in [5.74, 6) is 0.473. The van der Waals surface area contributed by atoms with E-state index in [-0.39, 0.29) is 12.2 Å². The number of primary amides is 1. The Bertz CT molecular complexity index is 659. The van der Waals surface area contributed by atoms with E-state index < -0.39 is 5.91 Å². The van der Waals surface area contributed by atoms with Crippen LogP contribution in [0.1, 0.15) is 41.6 Å². The van der Waals surface area contributed by atoms with Crippen LogP contribution in [-0.4, -0.2) is 29.1 Å².